The number of aromatic nitrogens is 3. The molecule has 6 N–H and O–H groups in total. The Kier molecular flexibility index (Phi) is 17.2. The maximum Gasteiger partial charge on any atom is 0.354 e. The van der Waals surface area contributed by atoms with Crippen LogP contribution in [0, 0.1) is 36.0 Å². The third kappa shape index (κ3) is 13.0. The number of alkyl halides is 6. The quantitative estimate of drug-likeness (QED) is 0.0474. The fraction of sp³-hybridized carbons (Fsp3) is 0.492. The highest BCUT2D eigenvalue weighted by atomic mass is 19.3. The van der Waals surface area contributed by atoms with E-state index in [9.17, 15) is 41.0 Å². The van der Waals surface area contributed by atoms with Crippen LogP contribution >= 0.6 is 0 Å². The van der Waals surface area contributed by atoms with Crippen LogP contribution in [0.15, 0.2) is 73.1 Å². The number of pyridine rings is 1. The molecular formula is C59H70F6N8O6. The summed E-state index contributed by atoms with van der Waals surface area (Å²) < 4.78 is 91.1. The summed E-state index contributed by atoms with van der Waals surface area (Å²) in [7, 11) is 3.34. The highest BCUT2D eigenvalue weighted by Crippen LogP contribution is 2.61. The lowest BCUT2D eigenvalue weighted by atomic mass is 9.59. The lowest BCUT2D eigenvalue weighted by Crippen LogP contribution is -2.53. The van der Waals surface area contributed by atoms with E-state index in [4.69, 9.17) is 19.8 Å². The molecule has 0 radical (unpaired) electrons. The highest BCUT2D eigenvalue weighted by molar-refractivity contribution is 5.90. The Morgan fingerprint density at radius 3 is 1.81 bits per heavy atom. The van der Waals surface area contributed by atoms with E-state index in [2.05, 4.69) is 54.4 Å². The van der Waals surface area contributed by atoms with Crippen molar-refractivity contribution in [2.75, 3.05) is 51.0 Å². The van der Waals surface area contributed by atoms with E-state index in [1.165, 1.54) is 34.7 Å². The lowest BCUT2D eigenvalue weighted by Gasteiger charge is -2.54. The Morgan fingerprint density at radius 1 is 0.734 bits per heavy atom. The molecule has 5 fully saturated rings. The van der Waals surface area contributed by atoms with Gasteiger partial charge in [-0.05, 0) is 130 Å². The molecule has 2 aliphatic heterocycles. The molecule has 20 heteroatoms. The van der Waals surface area contributed by atoms with E-state index in [1.54, 1.807) is 32.4 Å². The molecule has 3 aromatic carbocycles. The number of nitrogens with zero attached hydrogens (tertiary/aromatic N) is 4. The van der Waals surface area contributed by atoms with Crippen LogP contribution in [0.3, 0.4) is 0 Å². The summed E-state index contributed by atoms with van der Waals surface area (Å²) >= 11 is 0. The number of carbonyl (C=O) groups is 2. The molecule has 1 unspecified atom stereocenters. The zero-order valence-electron chi connectivity index (χ0n) is 45.5. The molecular weight excluding hydrogens is 1030 g/mol. The molecule has 14 nitrogen and oxygen atoms in total. The number of hydrogen-bond donors (Lipinski definition) is 6. The number of ether oxygens (including phenoxy) is 2. The largest absolute Gasteiger partial charge is 0.496 e. The molecule has 11 rings (SSSR count). The van der Waals surface area contributed by atoms with Gasteiger partial charge in [0.15, 0.2) is 5.69 Å². The normalized spacial score (nSPS) is 20.3. The third-order valence-electron chi connectivity index (χ3n) is 16.3. The summed E-state index contributed by atoms with van der Waals surface area (Å²) in [5.41, 5.74) is 7.27. The van der Waals surface area contributed by atoms with E-state index in [0.29, 0.717) is 43.0 Å². The van der Waals surface area contributed by atoms with E-state index in [-0.39, 0.29) is 73.8 Å². The number of anilines is 2. The number of aromatic amines is 2. The number of carboxylic acids is 2. The van der Waals surface area contributed by atoms with Gasteiger partial charge in [-0.3, -0.25) is 9.80 Å². The SMILES string of the molecule is CC.COc1cc(C)c2[nH]ccc2c1CN1CCC2(CC1)CC(F)(F)C2.COc1cc(C)c2[nH]ccc2c1CN1CCC2(CC1c1ccc(C(=O)O)nc1NCC#N)CC(F)(F)C2.O=C(O)c1cccc(NC2CC(F)(F)C2)c1. The van der Waals surface area contributed by atoms with Gasteiger partial charge < -0.3 is 40.3 Å². The zero-order valence-corrected chi connectivity index (χ0v) is 45.5. The molecule has 3 aromatic heterocycles. The second-order valence-electron chi connectivity index (χ2n) is 21.9. The summed E-state index contributed by atoms with van der Waals surface area (Å²) in [6.07, 6.45) is 6.24. The van der Waals surface area contributed by atoms with Gasteiger partial charge in [0, 0.05) is 120 Å². The molecule has 2 spiro atoms. The summed E-state index contributed by atoms with van der Waals surface area (Å²) in [6, 6.07) is 18.9. The van der Waals surface area contributed by atoms with Crippen molar-refractivity contribution in [1.82, 2.24) is 24.8 Å². The highest BCUT2D eigenvalue weighted by Gasteiger charge is 2.59. The van der Waals surface area contributed by atoms with Gasteiger partial charge in [0.25, 0.3) is 5.92 Å². The monoisotopic (exact) mass is 1100 g/mol. The number of aromatic carboxylic acids is 2. The first kappa shape index (κ1) is 58.2. The molecule has 3 saturated carbocycles. The maximum absolute atomic E-state index is 14.0. The van der Waals surface area contributed by atoms with Crippen molar-refractivity contribution < 1.29 is 55.6 Å². The molecule has 424 valence electrons. The fourth-order valence-electron chi connectivity index (χ4n) is 12.5. The predicted octanol–water partition coefficient (Wildman–Crippen LogP) is 13.4. The summed E-state index contributed by atoms with van der Waals surface area (Å²) in [5.74, 6) is -7.89. The van der Waals surface area contributed by atoms with Gasteiger partial charge >= 0.3 is 11.9 Å². The third-order valence-corrected chi connectivity index (χ3v) is 16.3. The van der Waals surface area contributed by atoms with E-state index in [1.807, 2.05) is 51.4 Å². The summed E-state index contributed by atoms with van der Waals surface area (Å²) in [4.78, 5) is 37.7. The van der Waals surface area contributed by atoms with Gasteiger partial charge in [-0.1, -0.05) is 26.0 Å². The second-order valence-corrected chi connectivity index (χ2v) is 21.9. The van der Waals surface area contributed by atoms with Gasteiger partial charge in [0.2, 0.25) is 11.8 Å². The Bertz CT molecular complexity index is 3180. The summed E-state index contributed by atoms with van der Waals surface area (Å²) in [5, 5.41) is 35.4. The Balaban J connectivity index is 0.000000167. The van der Waals surface area contributed by atoms with Crippen LogP contribution in [0.2, 0.25) is 0 Å². The van der Waals surface area contributed by atoms with E-state index in [0.717, 1.165) is 71.5 Å². The lowest BCUT2D eigenvalue weighted by molar-refractivity contribution is -0.186. The molecule has 3 aliphatic carbocycles. The van der Waals surface area contributed by atoms with E-state index < -0.39 is 35.1 Å². The second kappa shape index (κ2) is 23.4. The number of benzene rings is 3. The molecule has 79 heavy (non-hydrogen) atoms. The standard InChI is InChI=1S/C27H29F2N5O3.C19H24F2N2O.C11H11F2NO2.C2H6/c1-16-11-22(37-2)19(17-5-8-31-23(16)17)13-34-10-6-26(14-27(28,29)15-26)12-21(34)18-3-4-20(25(35)36)33-24(18)32-9-7-30;1-13-9-16(24-2)15(14-3-6-22-17(13)14)10-23-7-4-18(5-8-23)11-19(20,21)12-18;12-11(13)5-9(6-11)14-8-3-1-2-7(4-8)10(15)16;1-2/h3-5,8,11,21,31H,6,9-10,12-15H2,1-2H3,(H,32,33)(H,35,36);3,6,9,22H,4-5,7-8,10-12H2,1-2H3;1-4,9,14H,5-6H2,(H,15,16);1-2H3. The average molecular weight is 1100 g/mol. The van der Waals surface area contributed by atoms with Crippen LogP contribution in [0.25, 0.3) is 21.8 Å². The van der Waals surface area contributed by atoms with Crippen LogP contribution < -0.4 is 20.1 Å². The zero-order chi connectivity index (χ0) is 57.1. The molecule has 0 bridgehead atoms. The molecule has 1 atom stereocenters. The average Bonchev–Trinajstić information content (AvgIpc) is 4.28. The van der Waals surface area contributed by atoms with Gasteiger partial charge in [0.1, 0.15) is 23.9 Å². The molecule has 5 aliphatic rings. The fourth-order valence-corrected chi connectivity index (χ4v) is 12.5. The number of nitrogens with one attached hydrogen (secondary N) is 4. The Morgan fingerprint density at radius 2 is 1.29 bits per heavy atom. The molecule has 2 saturated heterocycles. The first-order chi connectivity index (χ1) is 37.5. The van der Waals surface area contributed by atoms with Crippen molar-refractivity contribution in [2.24, 2.45) is 10.8 Å². The van der Waals surface area contributed by atoms with Crippen molar-refractivity contribution in [3.8, 4) is 17.6 Å². The number of hydrogen-bond acceptors (Lipinski definition) is 10. The minimum absolute atomic E-state index is 0.0608. The Labute approximate surface area is 455 Å². The van der Waals surface area contributed by atoms with Crippen LogP contribution in [0.5, 0.6) is 11.5 Å². The number of fused-ring (bicyclic) bond motifs is 2. The smallest absolute Gasteiger partial charge is 0.354 e. The van der Waals surface area contributed by atoms with Crippen molar-refractivity contribution in [3.05, 3.63) is 112 Å². The van der Waals surface area contributed by atoms with Crippen LogP contribution in [0.4, 0.5) is 37.8 Å². The van der Waals surface area contributed by atoms with Gasteiger partial charge in [0.05, 0.1) is 25.9 Å². The number of nitriles is 1. The van der Waals surface area contributed by atoms with Crippen molar-refractivity contribution in [3.63, 3.8) is 0 Å². The van der Waals surface area contributed by atoms with Gasteiger partial charge in [-0.25, -0.2) is 40.9 Å². The molecule has 6 aromatic rings. The number of carboxylic acid groups (broad SMARTS) is 2. The number of aryl methyl sites for hydroxylation is 2. The number of likely N-dealkylation sites (tertiary alicyclic amines) is 2. The maximum atomic E-state index is 14.0. The number of methoxy groups -OCH3 is 2. The van der Waals surface area contributed by atoms with Gasteiger partial charge in [-0.15, -0.1) is 0 Å². The first-order valence-corrected chi connectivity index (χ1v) is 26.8. The topological polar surface area (TPSA) is 192 Å². The van der Waals surface area contributed by atoms with Crippen LogP contribution in [0.1, 0.15) is 133 Å². The minimum Gasteiger partial charge on any atom is -0.496 e. The number of H-pyrrole nitrogens is 2. The van der Waals surface area contributed by atoms with E-state index >= 15 is 0 Å². The number of piperidine rings is 2. The van der Waals surface area contributed by atoms with Gasteiger partial charge in [-0.2, -0.15) is 5.26 Å². The van der Waals surface area contributed by atoms with Crippen molar-refractivity contribution in [1.29, 1.82) is 5.26 Å². The Hall–Kier alpha value is -6.98. The first-order valence-electron chi connectivity index (χ1n) is 26.8. The molecule has 5 heterocycles. The number of rotatable bonds is 13. The van der Waals surface area contributed by atoms with Crippen LogP contribution in [-0.2, 0) is 13.1 Å². The summed E-state index contributed by atoms with van der Waals surface area (Å²) in [6.45, 7) is 11.7. The minimum atomic E-state index is -2.66. The van der Waals surface area contributed by atoms with Crippen LogP contribution in [-0.4, -0.2) is 111 Å². The predicted molar refractivity (Wildman–Crippen MR) is 291 cm³/mol. The number of halogens is 6. The van der Waals surface area contributed by atoms with Crippen molar-refractivity contribution >= 4 is 45.2 Å². The van der Waals surface area contributed by atoms with Crippen molar-refractivity contribution in [2.45, 2.75) is 135 Å². The molecule has 0 amide bonds.